The monoisotopic (exact) mass is 254 g/mol. The molecular formula is C16H18N2O. The maximum atomic E-state index is 9.17. The van der Waals surface area contributed by atoms with Gasteiger partial charge in [-0.15, -0.1) is 0 Å². The summed E-state index contributed by atoms with van der Waals surface area (Å²) in [5.41, 5.74) is 1.84. The largest absolute Gasteiger partial charge is 0.396 e. The normalized spacial score (nSPS) is 10.4. The molecule has 0 saturated carbocycles. The lowest BCUT2D eigenvalue weighted by atomic mass is 10.0. The van der Waals surface area contributed by atoms with Crippen molar-refractivity contribution >= 4 is 16.5 Å². The summed E-state index contributed by atoms with van der Waals surface area (Å²) in [6.45, 7) is 4.01. The van der Waals surface area contributed by atoms with Crippen molar-refractivity contribution in [2.75, 3.05) is 24.6 Å². The van der Waals surface area contributed by atoms with Gasteiger partial charge in [0.25, 0.3) is 0 Å². The first-order valence-electron chi connectivity index (χ1n) is 6.59. The third kappa shape index (κ3) is 2.69. The Morgan fingerprint density at radius 2 is 1.89 bits per heavy atom. The second-order valence-electron chi connectivity index (χ2n) is 4.45. The fourth-order valence-corrected chi connectivity index (χ4v) is 2.37. The number of hydrogen-bond donors (Lipinski definition) is 1. The van der Waals surface area contributed by atoms with E-state index in [0.717, 1.165) is 36.0 Å². The fourth-order valence-electron chi connectivity index (χ4n) is 2.37. The molecule has 3 nitrogen and oxygen atoms in total. The van der Waals surface area contributed by atoms with Gasteiger partial charge >= 0.3 is 0 Å². The standard InChI is InChI=1S/C16H18N2O/c1-2-18(10-5-11-19)16-9-8-13(12-17)14-6-3-4-7-15(14)16/h3-4,6-9,19H,2,5,10-11H2,1H3. The minimum absolute atomic E-state index is 0.199. The van der Waals surface area contributed by atoms with E-state index < -0.39 is 0 Å². The molecule has 19 heavy (non-hydrogen) atoms. The SMILES string of the molecule is CCN(CCCO)c1ccc(C#N)c2ccccc12. The predicted molar refractivity (Wildman–Crippen MR) is 78.3 cm³/mol. The third-order valence-corrected chi connectivity index (χ3v) is 3.33. The summed E-state index contributed by atoms with van der Waals surface area (Å²) in [5, 5.41) is 20.2. The molecule has 0 aliphatic heterocycles. The zero-order valence-electron chi connectivity index (χ0n) is 11.1. The van der Waals surface area contributed by atoms with Gasteiger partial charge in [0.15, 0.2) is 0 Å². The lowest BCUT2D eigenvalue weighted by Gasteiger charge is -2.24. The molecule has 0 aliphatic rings. The Bertz CT molecular complexity index is 601. The van der Waals surface area contributed by atoms with Crippen LogP contribution in [0.3, 0.4) is 0 Å². The van der Waals surface area contributed by atoms with E-state index in [1.165, 1.54) is 0 Å². The van der Waals surface area contributed by atoms with Crippen molar-refractivity contribution in [2.45, 2.75) is 13.3 Å². The van der Waals surface area contributed by atoms with E-state index in [4.69, 9.17) is 10.4 Å². The van der Waals surface area contributed by atoms with Crippen molar-refractivity contribution in [2.24, 2.45) is 0 Å². The minimum atomic E-state index is 0.199. The van der Waals surface area contributed by atoms with Crippen LogP contribution < -0.4 is 4.90 Å². The molecule has 2 aromatic rings. The molecule has 0 amide bonds. The molecule has 0 saturated heterocycles. The highest BCUT2D eigenvalue weighted by atomic mass is 16.3. The van der Waals surface area contributed by atoms with Crippen molar-refractivity contribution in [3.05, 3.63) is 42.0 Å². The first-order chi connectivity index (χ1) is 9.31. The Hall–Kier alpha value is -2.05. The van der Waals surface area contributed by atoms with Crippen LogP contribution in [0.25, 0.3) is 10.8 Å². The van der Waals surface area contributed by atoms with Gasteiger partial charge in [-0.25, -0.2) is 0 Å². The van der Waals surface area contributed by atoms with E-state index >= 15 is 0 Å². The molecule has 0 bridgehead atoms. The highest BCUT2D eigenvalue weighted by Gasteiger charge is 2.10. The second kappa shape index (κ2) is 6.21. The number of nitriles is 1. The Balaban J connectivity index is 2.52. The van der Waals surface area contributed by atoms with Crippen molar-refractivity contribution in [1.82, 2.24) is 0 Å². The highest BCUT2D eigenvalue weighted by molar-refractivity contribution is 5.97. The Morgan fingerprint density at radius 3 is 2.53 bits per heavy atom. The molecule has 0 unspecified atom stereocenters. The van der Waals surface area contributed by atoms with Gasteiger partial charge in [0.2, 0.25) is 0 Å². The fraction of sp³-hybridized carbons (Fsp3) is 0.312. The van der Waals surface area contributed by atoms with Gasteiger partial charge in [-0.05, 0) is 25.5 Å². The second-order valence-corrected chi connectivity index (χ2v) is 4.45. The summed E-state index contributed by atoms with van der Waals surface area (Å²) in [4.78, 5) is 2.24. The summed E-state index contributed by atoms with van der Waals surface area (Å²) in [6, 6.07) is 14.1. The van der Waals surface area contributed by atoms with Gasteiger partial charge < -0.3 is 10.0 Å². The van der Waals surface area contributed by atoms with Gasteiger partial charge in [-0.1, -0.05) is 24.3 Å². The molecule has 1 N–H and O–H groups in total. The summed E-state index contributed by atoms with van der Waals surface area (Å²) in [7, 11) is 0. The number of anilines is 1. The van der Waals surface area contributed by atoms with E-state index in [1.807, 2.05) is 36.4 Å². The van der Waals surface area contributed by atoms with Gasteiger partial charge in [0.1, 0.15) is 0 Å². The van der Waals surface area contributed by atoms with Crippen LogP contribution in [-0.2, 0) is 0 Å². The van der Waals surface area contributed by atoms with Crippen LogP contribution in [-0.4, -0.2) is 24.8 Å². The van der Waals surface area contributed by atoms with E-state index in [-0.39, 0.29) is 6.61 Å². The Morgan fingerprint density at radius 1 is 1.16 bits per heavy atom. The maximum Gasteiger partial charge on any atom is 0.0998 e. The number of rotatable bonds is 5. The molecule has 98 valence electrons. The number of aliphatic hydroxyl groups is 1. The lowest BCUT2D eigenvalue weighted by Crippen LogP contribution is -2.24. The van der Waals surface area contributed by atoms with Crippen LogP contribution >= 0.6 is 0 Å². The first kappa shape index (κ1) is 13.4. The molecule has 2 rings (SSSR count). The molecule has 0 aliphatic carbocycles. The first-order valence-corrected chi connectivity index (χ1v) is 6.59. The number of aliphatic hydroxyl groups excluding tert-OH is 1. The van der Waals surface area contributed by atoms with E-state index in [9.17, 15) is 0 Å². The molecule has 2 aromatic carbocycles. The molecule has 0 fully saturated rings. The zero-order chi connectivity index (χ0) is 13.7. The zero-order valence-corrected chi connectivity index (χ0v) is 11.1. The smallest absolute Gasteiger partial charge is 0.0998 e. The summed E-state index contributed by atoms with van der Waals surface area (Å²) >= 11 is 0. The van der Waals surface area contributed by atoms with Gasteiger partial charge in [-0.3, -0.25) is 0 Å². The van der Waals surface area contributed by atoms with Gasteiger partial charge in [0.05, 0.1) is 11.6 Å². The van der Waals surface area contributed by atoms with Crippen LogP contribution in [0.15, 0.2) is 36.4 Å². The summed E-state index contributed by atoms with van der Waals surface area (Å²) < 4.78 is 0. The van der Waals surface area contributed by atoms with E-state index in [0.29, 0.717) is 5.56 Å². The minimum Gasteiger partial charge on any atom is -0.396 e. The number of nitrogens with zero attached hydrogens (tertiary/aromatic N) is 2. The molecule has 3 heteroatoms. The Kier molecular flexibility index (Phi) is 4.38. The molecular weight excluding hydrogens is 236 g/mol. The number of fused-ring (bicyclic) bond motifs is 1. The van der Waals surface area contributed by atoms with Crippen LogP contribution in [0.4, 0.5) is 5.69 Å². The summed E-state index contributed by atoms with van der Waals surface area (Å²) in [5.74, 6) is 0. The third-order valence-electron chi connectivity index (χ3n) is 3.33. The number of hydrogen-bond acceptors (Lipinski definition) is 3. The molecule has 0 heterocycles. The van der Waals surface area contributed by atoms with E-state index in [2.05, 4.69) is 17.9 Å². The predicted octanol–water partition coefficient (Wildman–Crippen LogP) is 2.92. The van der Waals surface area contributed by atoms with Crippen molar-refractivity contribution in [3.63, 3.8) is 0 Å². The van der Waals surface area contributed by atoms with Crippen LogP contribution in [0, 0.1) is 11.3 Å². The average molecular weight is 254 g/mol. The molecule has 0 atom stereocenters. The van der Waals surface area contributed by atoms with Crippen LogP contribution in [0.5, 0.6) is 0 Å². The van der Waals surface area contributed by atoms with E-state index in [1.54, 1.807) is 0 Å². The van der Waals surface area contributed by atoms with Crippen molar-refractivity contribution in [3.8, 4) is 6.07 Å². The quantitative estimate of drug-likeness (QED) is 0.892. The van der Waals surface area contributed by atoms with Crippen molar-refractivity contribution < 1.29 is 5.11 Å². The van der Waals surface area contributed by atoms with Crippen molar-refractivity contribution in [1.29, 1.82) is 5.26 Å². The lowest BCUT2D eigenvalue weighted by molar-refractivity contribution is 0.289. The summed E-state index contributed by atoms with van der Waals surface area (Å²) in [6.07, 6.45) is 0.752. The van der Waals surface area contributed by atoms with Gasteiger partial charge in [-0.2, -0.15) is 5.26 Å². The Labute approximate surface area is 113 Å². The van der Waals surface area contributed by atoms with Crippen LogP contribution in [0.1, 0.15) is 18.9 Å². The molecule has 0 spiro atoms. The highest BCUT2D eigenvalue weighted by Crippen LogP contribution is 2.29. The number of benzene rings is 2. The maximum absolute atomic E-state index is 9.17. The van der Waals surface area contributed by atoms with Crippen LogP contribution in [0.2, 0.25) is 0 Å². The molecule has 0 aromatic heterocycles. The molecule has 0 radical (unpaired) electrons. The van der Waals surface area contributed by atoms with Gasteiger partial charge in [0, 0.05) is 36.2 Å². The topological polar surface area (TPSA) is 47.3 Å². The average Bonchev–Trinajstić information content (AvgIpc) is 2.48.